The van der Waals surface area contributed by atoms with E-state index in [-0.39, 0.29) is 6.04 Å². The summed E-state index contributed by atoms with van der Waals surface area (Å²) in [6, 6.07) is 0.272. The van der Waals surface area contributed by atoms with Gasteiger partial charge in [0.05, 0.1) is 6.10 Å². The fourth-order valence-corrected chi connectivity index (χ4v) is 2.84. The molecule has 18 heavy (non-hydrogen) atoms. The molecule has 2 N–H and O–H groups in total. The van der Waals surface area contributed by atoms with Gasteiger partial charge in [-0.15, -0.1) is 0 Å². The second kappa shape index (κ2) is 9.80. The van der Waals surface area contributed by atoms with Gasteiger partial charge >= 0.3 is 0 Å². The van der Waals surface area contributed by atoms with Crippen LogP contribution in [0.3, 0.4) is 0 Å². The van der Waals surface area contributed by atoms with E-state index in [1.165, 1.54) is 57.8 Å². The van der Waals surface area contributed by atoms with Crippen molar-refractivity contribution in [2.24, 2.45) is 11.7 Å². The number of ether oxygens (including phenoxy) is 1. The Morgan fingerprint density at radius 2 is 1.83 bits per heavy atom. The smallest absolute Gasteiger partial charge is 0.0726 e. The van der Waals surface area contributed by atoms with Crippen LogP contribution in [-0.4, -0.2) is 18.8 Å². The van der Waals surface area contributed by atoms with Gasteiger partial charge in [0, 0.05) is 12.6 Å². The molecule has 1 aliphatic carbocycles. The Balaban J connectivity index is 2.28. The first-order valence-corrected chi connectivity index (χ1v) is 8.15. The average molecular weight is 255 g/mol. The molecule has 0 bridgehead atoms. The van der Waals surface area contributed by atoms with E-state index in [0.717, 1.165) is 18.9 Å². The van der Waals surface area contributed by atoms with E-state index < -0.39 is 0 Å². The Morgan fingerprint density at radius 3 is 2.50 bits per heavy atom. The van der Waals surface area contributed by atoms with Crippen LogP contribution in [0.4, 0.5) is 0 Å². The number of rotatable bonds is 7. The highest BCUT2D eigenvalue weighted by atomic mass is 16.5. The van der Waals surface area contributed by atoms with Crippen molar-refractivity contribution < 1.29 is 4.74 Å². The predicted octanol–water partition coefficient (Wildman–Crippen LogP) is 4.27. The fourth-order valence-electron chi connectivity index (χ4n) is 2.84. The largest absolute Gasteiger partial charge is 0.376 e. The van der Waals surface area contributed by atoms with Gasteiger partial charge in [-0.05, 0) is 25.2 Å². The van der Waals surface area contributed by atoms with E-state index in [2.05, 4.69) is 13.8 Å². The second-order valence-electron chi connectivity index (χ2n) is 5.94. The summed E-state index contributed by atoms with van der Waals surface area (Å²) in [6.07, 6.45) is 13.1. The minimum Gasteiger partial charge on any atom is -0.376 e. The Morgan fingerprint density at radius 1 is 1.11 bits per heavy atom. The first-order chi connectivity index (χ1) is 8.77. The molecule has 108 valence electrons. The van der Waals surface area contributed by atoms with Crippen LogP contribution in [0.2, 0.25) is 0 Å². The summed E-state index contributed by atoms with van der Waals surface area (Å²) in [6.45, 7) is 5.47. The maximum absolute atomic E-state index is 6.25. The molecule has 3 unspecified atom stereocenters. The molecule has 0 spiro atoms. The van der Waals surface area contributed by atoms with E-state index in [4.69, 9.17) is 10.5 Å². The third-order valence-electron chi connectivity index (χ3n) is 4.34. The van der Waals surface area contributed by atoms with E-state index >= 15 is 0 Å². The molecule has 0 heterocycles. The zero-order chi connectivity index (χ0) is 13.2. The van der Waals surface area contributed by atoms with Crippen LogP contribution < -0.4 is 5.73 Å². The quantitative estimate of drug-likeness (QED) is 0.737. The van der Waals surface area contributed by atoms with Crippen molar-refractivity contribution in [3.8, 4) is 0 Å². The molecule has 0 saturated heterocycles. The van der Waals surface area contributed by atoms with Crippen molar-refractivity contribution in [2.75, 3.05) is 6.61 Å². The van der Waals surface area contributed by atoms with Gasteiger partial charge in [0.1, 0.15) is 0 Å². The molecule has 1 aliphatic rings. The lowest BCUT2D eigenvalue weighted by Crippen LogP contribution is -2.38. The molecule has 0 aromatic heterocycles. The van der Waals surface area contributed by atoms with E-state index in [1.54, 1.807) is 0 Å². The molecule has 0 aliphatic heterocycles. The van der Waals surface area contributed by atoms with Crippen molar-refractivity contribution >= 4 is 0 Å². The highest BCUT2D eigenvalue weighted by molar-refractivity contribution is 4.76. The molecule has 0 aromatic carbocycles. The van der Waals surface area contributed by atoms with Gasteiger partial charge in [-0.1, -0.05) is 58.8 Å². The summed E-state index contributed by atoms with van der Waals surface area (Å²) in [5.74, 6) is 0.739. The first-order valence-electron chi connectivity index (χ1n) is 8.15. The predicted molar refractivity (Wildman–Crippen MR) is 78.7 cm³/mol. The van der Waals surface area contributed by atoms with Crippen molar-refractivity contribution in [1.29, 1.82) is 0 Å². The fraction of sp³-hybridized carbons (Fsp3) is 1.00. The van der Waals surface area contributed by atoms with Gasteiger partial charge < -0.3 is 10.5 Å². The summed E-state index contributed by atoms with van der Waals surface area (Å²) < 4.78 is 6.16. The Hall–Kier alpha value is -0.0800. The molecule has 1 saturated carbocycles. The molecule has 0 aromatic rings. The van der Waals surface area contributed by atoms with Gasteiger partial charge in [-0.25, -0.2) is 0 Å². The highest BCUT2D eigenvalue weighted by Crippen LogP contribution is 2.21. The monoisotopic (exact) mass is 255 g/mol. The minimum absolute atomic E-state index is 0.272. The van der Waals surface area contributed by atoms with Gasteiger partial charge in [0.25, 0.3) is 0 Å². The third-order valence-corrected chi connectivity index (χ3v) is 4.34. The van der Waals surface area contributed by atoms with E-state index in [1.807, 2.05) is 0 Å². The Labute approximate surface area is 114 Å². The Kier molecular flexibility index (Phi) is 8.70. The summed E-state index contributed by atoms with van der Waals surface area (Å²) >= 11 is 0. The lowest BCUT2D eigenvalue weighted by Gasteiger charge is -2.28. The van der Waals surface area contributed by atoms with Crippen molar-refractivity contribution in [3.63, 3.8) is 0 Å². The molecule has 1 rings (SSSR count). The number of hydrogen-bond acceptors (Lipinski definition) is 2. The van der Waals surface area contributed by atoms with Crippen LogP contribution in [0.25, 0.3) is 0 Å². The third kappa shape index (κ3) is 6.19. The molecule has 1 fully saturated rings. The molecule has 0 radical (unpaired) electrons. The number of unbranched alkanes of at least 4 members (excludes halogenated alkanes) is 1. The zero-order valence-electron chi connectivity index (χ0n) is 12.5. The topological polar surface area (TPSA) is 35.2 Å². The Bertz CT molecular complexity index is 196. The standard InChI is InChI=1S/C16H33NO/c1-3-5-10-14(4-2)13-18-16-12-9-7-6-8-11-15(16)17/h14-16H,3-13,17H2,1-2H3. The van der Waals surface area contributed by atoms with Gasteiger partial charge in [0.15, 0.2) is 0 Å². The second-order valence-corrected chi connectivity index (χ2v) is 5.94. The van der Waals surface area contributed by atoms with Crippen molar-refractivity contribution in [2.45, 2.75) is 90.2 Å². The van der Waals surface area contributed by atoms with Crippen LogP contribution in [0.15, 0.2) is 0 Å². The van der Waals surface area contributed by atoms with Crippen LogP contribution >= 0.6 is 0 Å². The summed E-state index contributed by atoms with van der Waals surface area (Å²) in [5.41, 5.74) is 6.25. The summed E-state index contributed by atoms with van der Waals surface area (Å²) in [7, 11) is 0. The summed E-state index contributed by atoms with van der Waals surface area (Å²) in [4.78, 5) is 0. The highest BCUT2D eigenvalue weighted by Gasteiger charge is 2.21. The van der Waals surface area contributed by atoms with Crippen LogP contribution in [0, 0.1) is 5.92 Å². The van der Waals surface area contributed by atoms with E-state index in [9.17, 15) is 0 Å². The number of hydrogen-bond donors (Lipinski definition) is 1. The number of nitrogens with two attached hydrogens (primary N) is 1. The average Bonchev–Trinajstić information content (AvgIpc) is 2.37. The maximum Gasteiger partial charge on any atom is 0.0726 e. The van der Waals surface area contributed by atoms with Gasteiger partial charge in [0.2, 0.25) is 0 Å². The molecule has 0 amide bonds. The molecule has 3 atom stereocenters. The van der Waals surface area contributed by atoms with E-state index in [0.29, 0.717) is 6.10 Å². The van der Waals surface area contributed by atoms with Gasteiger partial charge in [-0.3, -0.25) is 0 Å². The van der Waals surface area contributed by atoms with Crippen molar-refractivity contribution in [1.82, 2.24) is 0 Å². The van der Waals surface area contributed by atoms with Crippen LogP contribution in [0.5, 0.6) is 0 Å². The lowest BCUT2D eigenvalue weighted by molar-refractivity contribution is 0.000559. The molecule has 2 heteroatoms. The molecular formula is C16H33NO. The molecular weight excluding hydrogens is 222 g/mol. The van der Waals surface area contributed by atoms with Gasteiger partial charge in [-0.2, -0.15) is 0 Å². The normalized spacial score (nSPS) is 27.5. The first kappa shape index (κ1) is 16.0. The maximum atomic E-state index is 6.25. The van der Waals surface area contributed by atoms with Crippen molar-refractivity contribution in [3.05, 3.63) is 0 Å². The van der Waals surface area contributed by atoms with Crippen LogP contribution in [-0.2, 0) is 4.74 Å². The zero-order valence-corrected chi connectivity index (χ0v) is 12.5. The minimum atomic E-state index is 0.272. The SMILES string of the molecule is CCCCC(CC)COC1CCCCCCC1N. The summed E-state index contributed by atoms with van der Waals surface area (Å²) in [5, 5.41) is 0. The lowest BCUT2D eigenvalue weighted by atomic mass is 9.94. The molecule has 2 nitrogen and oxygen atoms in total. The van der Waals surface area contributed by atoms with Crippen LogP contribution in [0.1, 0.15) is 78.1 Å².